The third kappa shape index (κ3) is 3.58. The normalized spacial score (nSPS) is 12.2. The summed E-state index contributed by atoms with van der Waals surface area (Å²) >= 11 is 0.854. The van der Waals surface area contributed by atoms with E-state index in [9.17, 15) is 4.79 Å². The van der Waals surface area contributed by atoms with Crippen molar-refractivity contribution in [3.8, 4) is 17.2 Å². The number of rotatable bonds is 5. The maximum atomic E-state index is 12.3. The van der Waals surface area contributed by atoms with Gasteiger partial charge in [0.1, 0.15) is 5.75 Å². The van der Waals surface area contributed by atoms with Crippen LogP contribution in [0, 0.1) is 0 Å². The van der Waals surface area contributed by atoms with Gasteiger partial charge in [-0.25, -0.2) is 0 Å². The first kappa shape index (κ1) is 15.5. The van der Waals surface area contributed by atoms with E-state index in [4.69, 9.17) is 18.6 Å². The maximum Gasteiger partial charge on any atom is 0.284 e. The fourth-order valence-electron chi connectivity index (χ4n) is 2.16. The Morgan fingerprint density at radius 3 is 2.80 bits per heavy atom. The van der Waals surface area contributed by atoms with E-state index in [1.807, 2.05) is 30.3 Å². The van der Waals surface area contributed by atoms with Gasteiger partial charge in [-0.3, -0.25) is 4.79 Å². The van der Waals surface area contributed by atoms with E-state index in [1.54, 1.807) is 18.2 Å². The van der Waals surface area contributed by atoms with E-state index >= 15 is 0 Å². The van der Waals surface area contributed by atoms with Gasteiger partial charge in [0.25, 0.3) is 11.1 Å². The van der Waals surface area contributed by atoms with Crippen molar-refractivity contribution in [3.05, 3.63) is 60.0 Å². The van der Waals surface area contributed by atoms with E-state index in [0.717, 1.165) is 11.8 Å². The first-order chi connectivity index (χ1) is 12.3. The number of hydrogen-bond acceptors (Lipinski definition) is 8. The molecule has 8 heteroatoms. The Hall–Kier alpha value is -3.00. The fraction of sp³-hybridized carbons (Fsp3) is 0.118. The van der Waals surface area contributed by atoms with Crippen LogP contribution in [0.3, 0.4) is 0 Å². The summed E-state index contributed by atoms with van der Waals surface area (Å²) in [6, 6.07) is 14.3. The van der Waals surface area contributed by atoms with Gasteiger partial charge in [-0.2, -0.15) is 0 Å². The minimum atomic E-state index is -0.225. The standard InChI is InChI=1S/C17H12N2O5S/c20-16(11-6-7-13-14(8-11)23-10-22-13)25-17-19-18-15(24-17)9-21-12-4-2-1-3-5-12/h1-8H,9-10H2. The minimum absolute atomic E-state index is 0.135. The molecule has 25 heavy (non-hydrogen) atoms. The number of nitrogens with zero attached hydrogens (tertiary/aromatic N) is 2. The lowest BCUT2D eigenvalue weighted by Crippen LogP contribution is -1.95. The molecule has 0 fully saturated rings. The molecule has 2 heterocycles. The second kappa shape index (κ2) is 6.86. The molecule has 7 nitrogen and oxygen atoms in total. The van der Waals surface area contributed by atoms with Crippen LogP contribution in [0.1, 0.15) is 16.2 Å². The lowest BCUT2D eigenvalue weighted by atomic mass is 10.2. The third-order valence-corrected chi connectivity index (χ3v) is 4.10. The highest BCUT2D eigenvalue weighted by atomic mass is 32.2. The zero-order valence-electron chi connectivity index (χ0n) is 12.9. The Morgan fingerprint density at radius 2 is 1.92 bits per heavy atom. The lowest BCUT2D eigenvalue weighted by molar-refractivity contribution is 0.108. The Kier molecular flexibility index (Phi) is 4.26. The highest BCUT2D eigenvalue weighted by Crippen LogP contribution is 2.34. The maximum absolute atomic E-state index is 12.3. The highest BCUT2D eigenvalue weighted by Gasteiger charge is 2.19. The first-order valence-corrected chi connectivity index (χ1v) is 8.21. The lowest BCUT2D eigenvalue weighted by Gasteiger charge is -2.01. The van der Waals surface area contributed by atoms with E-state index in [1.165, 1.54) is 0 Å². The summed E-state index contributed by atoms with van der Waals surface area (Å²) in [7, 11) is 0. The number of fused-ring (bicyclic) bond motifs is 1. The summed E-state index contributed by atoms with van der Waals surface area (Å²) in [5.41, 5.74) is 0.467. The van der Waals surface area contributed by atoms with Crippen LogP contribution in [0.15, 0.2) is 58.2 Å². The first-order valence-electron chi connectivity index (χ1n) is 7.40. The van der Waals surface area contributed by atoms with Crippen molar-refractivity contribution in [1.82, 2.24) is 10.2 Å². The number of aromatic nitrogens is 2. The summed E-state index contributed by atoms with van der Waals surface area (Å²) in [5.74, 6) is 2.17. The molecule has 0 aliphatic carbocycles. The third-order valence-electron chi connectivity index (χ3n) is 3.34. The molecule has 1 aromatic heterocycles. The molecule has 0 unspecified atom stereocenters. The molecule has 1 aliphatic heterocycles. The molecule has 1 aliphatic rings. The van der Waals surface area contributed by atoms with Gasteiger partial charge in [0, 0.05) is 17.3 Å². The van der Waals surface area contributed by atoms with E-state index < -0.39 is 0 Å². The van der Waals surface area contributed by atoms with Crippen LogP contribution in [-0.2, 0) is 6.61 Å². The molecule has 0 saturated carbocycles. The summed E-state index contributed by atoms with van der Waals surface area (Å²) in [5, 5.41) is 7.67. The van der Waals surface area contributed by atoms with Gasteiger partial charge < -0.3 is 18.6 Å². The zero-order valence-corrected chi connectivity index (χ0v) is 13.7. The van der Waals surface area contributed by atoms with Crippen LogP contribution < -0.4 is 14.2 Å². The average Bonchev–Trinajstić information content (AvgIpc) is 3.29. The molecule has 0 saturated heterocycles. The molecule has 0 radical (unpaired) electrons. The Labute approximate surface area is 146 Å². The number of thioether (sulfide) groups is 1. The van der Waals surface area contributed by atoms with Gasteiger partial charge >= 0.3 is 0 Å². The number of hydrogen-bond donors (Lipinski definition) is 0. The zero-order chi connectivity index (χ0) is 17.1. The second-order valence-corrected chi connectivity index (χ2v) is 5.95. The summed E-state index contributed by atoms with van der Waals surface area (Å²) in [6.07, 6.45) is 0. The molecular weight excluding hydrogens is 344 g/mol. The predicted octanol–water partition coefficient (Wildman–Crippen LogP) is 3.31. The fourth-order valence-corrected chi connectivity index (χ4v) is 2.78. The van der Waals surface area contributed by atoms with Crippen LogP contribution >= 0.6 is 11.8 Å². The van der Waals surface area contributed by atoms with Crippen molar-refractivity contribution >= 4 is 16.9 Å². The van der Waals surface area contributed by atoms with Crippen molar-refractivity contribution in [3.63, 3.8) is 0 Å². The van der Waals surface area contributed by atoms with Gasteiger partial charge in [-0.05, 0) is 30.3 Å². The topological polar surface area (TPSA) is 83.7 Å². The van der Waals surface area contributed by atoms with Crippen LogP contribution in [0.25, 0.3) is 0 Å². The molecule has 126 valence electrons. The Balaban J connectivity index is 1.38. The van der Waals surface area contributed by atoms with Crippen molar-refractivity contribution in [2.45, 2.75) is 11.8 Å². The number of carbonyl (C=O) groups excluding carboxylic acids is 1. The van der Waals surface area contributed by atoms with E-state index in [2.05, 4.69) is 10.2 Å². The molecular formula is C17H12N2O5S. The minimum Gasteiger partial charge on any atom is -0.484 e. The number of carbonyl (C=O) groups is 1. The molecule has 0 amide bonds. The highest BCUT2D eigenvalue weighted by molar-refractivity contribution is 8.14. The van der Waals surface area contributed by atoms with E-state index in [0.29, 0.717) is 28.7 Å². The van der Waals surface area contributed by atoms with Crippen molar-refractivity contribution in [1.29, 1.82) is 0 Å². The smallest absolute Gasteiger partial charge is 0.284 e. The molecule has 3 aromatic rings. The molecule has 0 bridgehead atoms. The predicted molar refractivity (Wildman–Crippen MR) is 87.8 cm³/mol. The van der Waals surface area contributed by atoms with Crippen LogP contribution in [-0.4, -0.2) is 22.1 Å². The van der Waals surface area contributed by atoms with Crippen LogP contribution in [0.2, 0.25) is 0 Å². The molecule has 0 spiro atoms. The van der Waals surface area contributed by atoms with Gasteiger partial charge in [-0.15, -0.1) is 10.2 Å². The number of para-hydroxylation sites is 1. The monoisotopic (exact) mass is 356 g/mol. The Bertz CT molecular complexity index is 897. The quantitative estimate of drug-likeness (QED) is 0.644. The van der Waals surface area contributed by atoms with Gasteiger partial charge in [0.15, 0.2) is 18.1 Å². The van der Waals surface area contributed by atoms with Crippen molar-refractivity contribution in [2.75, 3.05) is 6.79 Å². The van der Waals surface area contributed by atoms with Crippen molar-refractivity contribution in [2.24, 2.45) is 0 Å². The largest absolute Gasteiger partial charge is 0.484 e. The van der Waals surface area contributed by atoms with Crippen molar-refractivity contribution < 1.29 is 23.4 Å². The Morgan fingerprint density at radius 1 is 1.08 bits per heavy atom. The van der Waals surface area contributed by atoms with Gasteiger partial charge in [0.05, 0.1) is 0 Å². The second-order valence-electron chi connectivity index (χ2n) is 5.02. The van der Waals surface area contributed by atoms with E-state index in [-0.39, 0.29) is 23.7 Å². The SMILES string of the molecule is O=C(Sc1nnc(COc2ccccc2)o1)c1ccc2c(c1)OCO2. The summed E-state index contributed by atoms with van der Waals surface area (Å²) < 4.78 is 21.4. The van der Waals surface area contributed by atoms with Crippen LogP contribution in [0.5, 0.6) is 17.2 Å². The van der Waals surface area contributed by atoms with Gasteiger partial charge in [0.2, 0.25) is 11.9 Å². The molecule has 0 atom stereocenters. The number of ether oxygens (including phenoxy) is 3. The summed E-state index contributed by atoms with van der Waals surface area (Å²) in [4.78, 5) is 12.3. The average molecular weight is 356 g/mol. The molecule has 4 rings (SSSR count). The van der Waals surface area contributed by atoms with Crippen LogP contribution in [0.4, 0.5) is 0 Å². The number of benzene rings is 2. The molecule has 0 N–H and O–H groups in total. The summed E-state index contributed by atoms with van der Waals surface area (Å²) in [6.45, 7) is 0.296. The van der Waals surface area contributed by atoms with Gasteiger partial charge in [-0.1, -0.05) is 18.2 Å². The molecule has 2 aromatic carbocycles.